The highest BCUT2D eigenvalue weighted by atomic mass is 32.1. The largest absolute Gasteiger partial charge is 0.330 e. The van der Waals surface area contributed by atoms with E-state index in [1.54, 1.807) is 17.5 Å². The highest BCUT2D eigenvalue weighted by molar-refractivity contribution is 7.10. The first-order valence-corrected chi connectivity index (χ1v) is 5.74. The van der Waals surface area contributed by atoms with Crippen LogP contribution in [0.15, 0.2) is 17.6 Å². The van der Waals surface area contributed by atoms with E-state index in [4.69, 9.17) is 5.73 Å². The lowest BCUT2D eigenvalue weighted by Gasteiger charge is -2.02. The van der Waals surface area contributed by atoms with Crippen molar-refractivity contribution in [1.29, 1.82) is 0 Å². The van der Waals surface area contributed by atoms with E-state index in [0.29, 0.717) is 12.5 Å². The van der Waals surface area contributed by atoms with Gasteiger partial charge in [-0.3, -0.25) is 4.68 Å². The van der Waals surface area contributed by atoms with Crippen LogP contribution in [0.5, 0.6) is 0 Å². The summed E-state index contributed by atoms with van der Waals surface area (Å²) in [6.07, 6.45) is 1.78. The van der Waals surface area contributed by atoms with E-state index in [0.717, 1.165) is 16.4 Å². The third-order valence-corrected chi connectivity index (χ3v) is 3.46. The van der Waals surface area contributed by atoms with Gasteiger partial charge in [0, 0.05) is 31.1 Å². The highest BCUT2D eigenvalue weighted by Crippen LogP contribution is 2.25. The Morgan fingerprint density at radius 1 is 1.60 bits per heavy atom. The molecule has 0 saturated carbocycles. The fourth-order valence-electron chi connectivity index (χ4n) is 1.36. The Hall–Kier alpha value is -1.20. The Kier molecular flexibility index (Phi) is 2.83. The maximum atomic E-state index is 5.61. The van der Waals surface area contributed by atoms with Gasteiger partial charge in [-0.25, -0.2) is 4.98 Å². The van der Waals surface area contributed by atoms with Gasteiger partial charge in [0.15, 0.2) is 0 Å². The van der Waals surface area contributed by atoms with Crippen molar-refractivity contribution in [2.75, 3.05) is 6.54 Å². The van der Waals surface area contributed by atoms with Crippen molar-refractivity contribution in [3.05, 3.63) is 22.7 Å². The van der Waals surface area contributed by atoms with Crippen molar-refractivity contribution >= 4 is 11.3 Å². The number of hydrogen-bond acceptors (Lipinski definition) is 4. The van der Waals surface area contributed by atoms with Crippen LogP contribution >= 0.6 is 11.3 Å². The number of aromatic nitrogens is 3. The average molecular weight is 222 g/mol. The summed E-state index contributed by atoms with van der Waals surface area (Å²) in [5.41, 5.74) is 7.64. The monoisotopic (exact) mass is 222 g/mol. The van der Waals surface area contributed by atoms with Crippen LogP contribution in [0, 0.1) is 0 Å². The molecule has 2 aromatic rings. The Bertz CT molecular complexity index is 446. The third-order valence-electron chi connectivity index (χ3n) is 2.38. The van der Waals surface area contributed by atoms with Gasteiger partial charge in [0.05, 0.1) is 16.4 Å². The molecule has 2 rings (SSSR count). The van der Waals surface area contributed by atoms with Crippen molar-refractivity contribution in [3.8, 4) is 11.4 Å². The lowest BCUT2D eigenvalue weighted by molar-refractivity contribution is 0.758. The second kappa shape index (κ2) is 4.12. The van der Waals surface area contributed by atoms with Crippen molar-refractivity contribution in [2.24, 2.45) is 12.8 Å². The molecule has 0 spiro atoms. The first-order chi connectivity index (χ1) is 7.22. The van der Waals surface area contributed by atoms with Gasteiger partial charge >= 0.3 is 0 Å². The van der Waals surface area contributed by atoms with Crippen LogP contribution in [0.3, 0.4) is 0 Å². The fourth-order valence-corrected chi connectivity index (χ4v) is 2.24. The average Bonchev–Trinajstić information content (AvgIpc) is 2.84. The smallest absolute Gasteiger partial charge is 0.0995 e. The molecule has 2 aromatic heterocycles. The van der Waals surface area contributed by atoms with Gasteiger partial charge < -0.3 is 5.73 Å². The molecule has 1 atom stereocenters. The molecule has 2 N–H and O–H groups in total. The van der Waals surface area contributed by atoms with Gasteiger partial charge in [-0.1, -0.05) is 6.92 Å². The molecule has 4 nitrogen and oxygen atoms in total. The summed E-state index contributed by atoms with van der Waals surface area (Å²) in [6.45, 7) is 2.73. The van der Waals surface area contributed by atoms with Crippen LogP contribution in [0.2, 0.25) is 0 Å². The number of nitrogens with zero attached hydrogens (tertiary/aromatic N) is 3. The number of rotatable bonds is 3. The summed E-state index contributed by atoms with van der Waals surface area (Å²) in [7, 11) is 1.92. The van der Waals surface area contributed by atoms with E-state index in [1.165, 1.54) is 0 Å². The molecule has 0 amide bonds. The summed E-state index contributed by atoms with van der Waals surface area (Å²) in [5.74, 6) is 0.331. The first kappa shape index (κ1) is 10.3. The predicted octanol–water partition coefficient (Wildman–Crippen LogP) is 1.61. The van der Waals surface area contributed by atoms with E-state index in [9.17, 15) is 0 Å². The lowest BCUT2D eigenvalue weighted by atomic mass is 10.2. The minimum Gasteiger partial charge on any atom is -0.330 e. The van der Waals surface area contributed by atoms with Crippen LogP contribution in [0.25, 0.3) is 11.4 Å². The summed E-state index contributed by atoms with van der Waals surface area (Å²) in [6, 6.07) is 1.96. The normalized spacial score (nSPS) is 13.0. The quantitative estimate of drug-likeness (QED) is 0.858. The van der Waals surface area contributed by atoms with Gasteiger partial charge in [-0.15, -0.1) is 11.3 Å². The number of hydrogen-bond donors (Lipinski definition) is 1. The summed E-state index contributed by atoms with van der Waals surface area (Å²) >= 11 is 1.66. The molecule has 0 aliphatic rings. The lowest BCUT2D eigenvalue weighted by Crippen LogP contribution is -2.08. The molecule has 1 unspecified atom stereocenters. The van der Waals surface area contributed by atoms with Crippen LogP contribution < -0.4 is 5.73 Å². The number of aryl methyl sites for hydroxylation is 1. The molecule has 5 heteroatoms. The molecular weight excluding hydrogens is 208 g/mol. The molecule has 0 saturated heterocycles. The van der Waals surface area contributed by atoms with E-state index in [2.05, 4.69) is 22.4 Å². The van der Waals surface area contributed by atoms with Crippen LogP contribution in [0.4, 0.5) is 0 Å². The van der Waals surface area contributed by atoms with E-state index in [-0.39, 0.29) is 0 Å². The molecule has 0 aliphatic heterocycles. The molecule has 0 fully saturated rings. The zero-order valence-electron chi connectivity index (χ0n) is 8.84. The van der Waals surface area contributed by atoms with E-state index >= 15 is 0 Å². The van der Waals surface area contributed by atoms with Gasteiger partial charge in [0.25, 0.3) is 0 Å². The highest BCUT2D eigenvalue weighted by Gasteiger charge is 2.11. The predicted molar refractivity (Wildman–Crippen MR) is 61.8 cm³/mol. The Morgan fingerprint density at radius 3 is 3.00 bits per heavy atom. The third kappa shape index (κ3) is 1.93. The SMILES string of the molecule is CC(CN)c1nc(-c2ccnn2C)cs1. The molecule has 0 aromatic carbocycles. The minimum atomic E-state index is 0.331. The van der Waals surface area contributed by atoms with Crippen molar-refractivity contribution in [1.82, 2.24) is 14.8 Å². The van der Waals surface area contributed by atoms with Gasteiger partial charge in [0.2, 0.25) is 0 Å². The van der Waals surface area contributed by atoms with Crippen LogP contribution in [-0.2, 0) is 7.05 Å². The second-order valence-corrected chi connectivity index (χ2v) is 4.44. The maximum absolute atomic E-state index is 5.61. The number of nitrogens with two attached hydrogens (primary N) is 1. The fraction of sp³-hybridized carbons (Fsp3) is 0.400. The zero-order chi connectivity index (χ0) is 10.8. The Morgan fingerprint density at radius 2 is 2.40 bits per heavy atom. The number of thiazole rings is 1. The Labute approximate surface area is 92.8 Å². The standard InChI is InChI=1S/C10H14N4S/c1-7(5-11)10-13-8(6-15-10)9-3-4-12-14(9)2/h3-4,6-7H,5,11H2,1-2H3. The maximum Gasteiger partial charge on any atom is 0.0995 e. The summed E-state index contributed by atoms with van der Waals surface area (Å²) in [4.78, 5) is 4.56. The molecule has 15 heavy (non-hydrogen) atoms. The molecule has 0 aliphatic carbocycles. The van der Waals surface area contributed by atoms with E-state index < -0.39 is 0 Å². The van der Waals surface area contributed by atoms with Gasteiger partial charge in [-0.2, -0.15) is 5.10 Å². The molecule has 80 valence electrons. The first-order valence-electron chi connectivity index (χ1n) is 4.86. The zero-order valence-corrected chi connectivity index (χ0v) is 9.66. The van der Waals surface area contributed by atoms with E-state index in [1.807, 2.05) is 17.8 Å². The van der Waals surface area contributed by atoms with Gasteiger partial charge in [-0.05, 0) is 6.07 Å². The summed E-state index contributed by atoms with van der Waals surface area (Å²) in [5, 5.41) is 7.27. The van der Waals surface area contributed by atoms with Crippen molar-refractivity contribution < 1.29 is 0 Å². The van der Waals surface area contributed by atoms with Crippen LogP contribution in [-0.4, -0.2) is 21.3 Å². The van der Waals surface area contributed by atoms with Gasteiger partial charge in [0.1, 0.15) is 0 Å². The molecule has 0 radical (unpaired) electrons. The van der Waals surface area contributed by atoms with Crippen molar-refractivity contribution in [2.45, 2.75) is 12.8 Å². The molecule has 0 bridgehead atoms. The topological polar surface area (TPSA) is 56.7 Å². The van der Waals surface area contributed by atoms with Crippen LogP contribution in [0.1, 0.15) is 17.8 Å². The molecular formula is C10H14N4S. The second-order valence-electron chi connectivity index (χ2n) is 3.55. The molecule has 2 heterocycles. The minimum absolute atomic E-state index is 0.331. The van der Waals surface area contributed by atoms with Crippen molar-refractivity contribution in [3.63, 3.8) is 0 Å². The summed E-state index contributed by atoms with van der Waals surface area (Å²) < 4.78 is 1.83. The Balaban J connectivity index is 2.32.